The van der Waals surface area contributed by atoms with Gasteiger partial charge in [0.05, 0.1) is 5.56 Å². The highest BCUT2D eigenvalue weighted by Gasteiger charge is 2.31. The topological polar surface area (TPSA) is 105 Å². The molecule has 1 aliphatic rings. The van der Waals surface area contributed by atoms with Crippen LogP contribution in [-0.4, -0.2) is 41.7 Å². The highest BCUT2D eigenvalue weighted by molar-refractivity contribution is 5.98. The number of ether oxygens (including phenoxy) is 1. The Morgan fingerprint density at radius 3 is 1.94 bits per heavy atom. The zero-order valence-electron chi connectivity index (χ0n) is 17.5. The number of rotatable bonds is 6. The molecule has 1 saturated heterocycles. The lowest BCUT2D eigenvalue weighted by Gasteiger charge is -2.23. The molecule has 0 aromatic heterocycles. The van der Waals surface area contributed by atoms with Crippen molar-refractivity contribution >= 4 is 35.1 Å². The molecule has 0 spiro atoms. The normalized spacial score (nSPS) is 13.9. The number of anilines is 2. The van der Waals surface area contributed by atoms with E-state index in [1.165, 1.54) is 32.0 Å². The van der Waals surface area contributed by atoms with E-state index in [9.17, 15) is 19.2 Å². The van der Waals surface area contributed by atoms with Gasteiger partial charge in [0.1, 0.15) is 0 Å². The first kappa shape index (κ1) is 22.0. The maximum atomic E-state index is 13.1. The Hall–Kier alpha value is -3.68. The summed E-state index contributed by atoms with van der Waals surface area (Å²) in [7, 11) is 0. The number of esters is 1. The van der Waals surface area contributed by atoms with E-state index in [1.54, 1.807) is 29.2 Å². The lowest BCUT2D eigenvalue weighted by atomic mass is 10.1. The number of hydrogen-bond acceptors (Lipinski definition) is 5. The first-order valence-electron chi connectivity index (χ1n) is 10.1. The summed E-state index contributed by atoms with van der Waals surface area (Å²) in [5.41, 5.74) is 1.33. The largest absolute Gasteiger partial charge is 0.444 e. The van der Waals surface area contributed by atoms with E-state index < -0.39 is 12.1 Å². The molecular weight excluding hydrogens is 398 g/mol. The van der Waals surface area contributed by atoms with E-state index in [1.807, 2.05) is 6.07 Å². The first-order chi connectivity index (χ1) is 14.8. The van der Waals surface area contributed by atoms with E-state index >= 15 is 0 Å². The molecule has 0 aliphatic carbocycles. The SMILES string of the molecule is CC(=O)Nc1cc(NC(C)=O)cc(C(=O)O[C@H](C(=O)N2CCCC2)c2ccccc2)c1. The molecule has 2 aromatic carbocycles. The van der Waals surface area contributed by atoms with Gasteiger partial charge in [0.25, 0.3) is 5.91 Å². The third kappa shape index (κ3) is 5.91. The quantitative estimate of drug-likeness (QED) is 0.695. The predicted octanol–water partition coefficient (Wildman–Crippen LogP) is 3.12. The van der Waals surface area contributed by atoms with E-state index in [2.05, 4.69) is 10.6 Å². The Labute approximate surface area is 180 Å². The Kier molecular flexibility index (Phi) is 7.02. The average molecular weight is 423 g/mol. The van der Waals surface area contributed by atoms with Crippen molar-refractivity contribution in [1.82, 2.24) is 4.90 Å². The maximum Gasteiger partial charge on any atom is 0.339 e. The van der Waals surface area contributed by atoms with Crippen LogP contribution in [0, 0.1) is 0 Å². The summed E-state index contributed by atoms with van der Waals surface area (Å²) in [6, 6.07) is 13.3. The minimum atomic E-state index is -1.08. The minimum absolute atomic E-state index is 0.102. The summed E-state index contributed by atoms with van der Waals surface area (Å²) in [6.07, 6.45) is 0.750. The molecular formula is C23H25N3O5. The van der Waals surface area contributed by atoms with Gasteiger partial charge in [-0.1, -0.05) is 30.3 Å². The van der Waals surface area contributed by atoms with Gasteiger partial charge >= 0.3 is 5.97 Å². The van der Waals surface area contributed by atoms with Crippen molar-refractivity contribution in [2.24, 2.45) is 0 Å². The Morgan fingerprint density at radius 1 is 0.871 bits per heavy atom. The molecule has 3 amide bonds. The van der Waals surface area contributed by atoms with E-state index in [0.717, 1.165) is 12.8 Å². The van der Waals surface area contributed by atoms with Crippen molar-refractivity contribution in [1.29, 1.82) is 0 Å². The zero-order valence-corrected chi connectivity index (χ0v) is 17.5. The predicted molar refractivity (Wildman–Crippen MR) is 115 cm³/mol. The Bertz CT molecular complexity index is 950. The molecule has 0 unspecified atom stereocenters. The molecule has 0 saturated carbocycles. The summed E-state index contributed by atoms with van der Waals surface area (Å²) in [6.45, 7) is 3.93. The van der Waals surface area contributed by atoms with Crippen LogP contribution in [0.3, 0.4) is 0 Å². The number of carbonyl (C=O) groups is 4. The van der Waals surface area contributed by atoms with Gasteiger partial charge in [-0.25, -0.2) is 4.79 Å². The number of hydrogen-bond donors (Lipinski definition) is 2. The van der Waals surface area contributed by atoms with Crippen LogP contribution in [0.1, 0.15) is 48.7 Å². The number of benzene rings is 2. The highest BCUT2D eigenvalue weighted by atomic mass is 16.5. The number of carbonyl (C=O) groups excluding carboxylic acids is 4. The van der Waals surface area contributed by atoms with Crippen molar-refractivity contribution in [2.45, 2.75) is 32.8 Å². The fourth-order valence-electron chi connectivity index (χ4n) is 3.46. The second-order valence-electron chi connectivity index (χ2n) is 7.39. The third-order valence-corrected chi connectivity index (χ3v) is 4.78. The van der Waals surface area contributed by atoms with Gasteiger partial charge in [-0.2, -0.15) is 0 Å². The second-order valence-corrected chi connectivity index (χ2v) is 7.39. The van der Waals surface area contributed by atoms with Crippen LogP contribution < -0.4 is 10.6 Å². The third-order valence-electron chi connectivity index (χ3n) is 4.78. The van der Waals surface area contributed by atoms with Crippen molar-refractivity contribution in [3.8, 4) is 0 Å². The van der Waals surface area contributed by atoms with Crippen molar-refractivity contribution in [2.75, 3.05) is 23.7 Å². The fraction of sp³-hybridized carbons (Fsp3) is 0.304. The number of likely N-dealkylation sites (tertiary alicyclic amines) is 1. The van der Waals surface area contributed by atoms with Crippen LogP contribution in [0.2, 0.25) is 0 Å². The summed E-state index contributed by atoms with van der Waals surface area (Å²) in [5, 5.41) is 5.19. The van der Waals surface area contributed by atoms with Crippen LogP contribution in [0.25, 0.3) is 0 Å². The van der Waals surface area contributed by atoms with Crippen LogP contribution in [0.5, 0.6) is 0 Å². The molecule has 8 heteroatoms. The molecule has 31 heavy (non-hydrogen) atoms. The van der Waals surface area contributed by atoms with Gasteiger partial charge < -0.3 is 20.3 Å². The standard InChI is InChI=1S/C23H25N3O5/c1-15(27)24-19-12-18(13-20(14-19)25-16(2)28)23(30)31-21(17-8-4-3-5-9-17)22(29)26-10-6-7-11-26/h3-5,8-9,12-14,21H,6-7,10-11H2,1-2H3,(H,24,27)(H,25,28)/t21-/m0/s1. The maximum absolute atomic E-state index is 13.1. The molecule has 162 valence electrons. The van der Waals surface area contributed by atoms with Crippen molar-refractivity contribution < 1.29 is 23.9 Å². The molecule has 1 aliphatic heterocycles. The average Bonchev–Trinajstić information content (AvgIpc) is 3.25. The van der Waals surface area contributed by atoms with Crippen molar-refractivity contribution in [3.63, 3.8) is 0 Å². The molecule has 0 bridgehead atoms. The fourth-order valence-corrected chi connectivity index (χ4v) is 3.46. The van der Waals surface area contributed by atoms with Crippen molar-refractivity contribution in [3.05, 3.63) is 59.7 Å². The second kappa shape index (κ2) is 9.88. The Morgan fingerprint density at radius 2 is 1.42 bits per heavy atom. The molecule has 1 fully saturated rings. The molecule has 3 rings (SSSR count). The smallest absolute Gasteiger partial charge is 0.339 e. The summed E-state index contributed by atoms with van der Waals surface area (Å²) in [5.74, 6) is -1.66. The van der Waals surface area contributed by atoms with Gasteiger partial charge in [0.15, 0.2) is 0 Å². The van der Waals surface area contributed by atoms with Gasteiger partial charge in [0.2, 0.25) is 17.9 Å². The molecule has 1 atom stereocenters. The van der Waals surface area contributed by atoms with Crippen LogP contribution >= 0.6 is 0 Å². The number of nitrogens with zero attached hydrogens (tertiary/aromatic N) is 1. The van der Waals surface area contributed by atoms with Crippen LogP contribution in [-0.2, 0) is 19.1 Å². The number of nitrogens with one attached hydrogen (secondary N) is 2. The monoisotopic (exact) mass is 423 g/mol. The number of amides is 3. The lowest BCUT2D eigenvalue weighted by Crippen LogP contribution is -2.34. The summed E-state index contributed by atoms with van der Waals surface area (Å²) in [4.78, 5) is 50.7. The molecule has 2 N–H and O–H groups in total. The molecule has 8 nitrogen and oxygen atoms in total. The summed E-state index contributed by atoms with van der Waals surface area (Å²) < 4.78 is 5.66. The lowest BCUT2D eigenvalue weighted by molar-refractivity contribution is -0.140. The van der Waals surface area contributed by atoms with E-state index in [0.29, 0.717) is 30.0 Å². The molecule has 0 radical (unpaired) electrons. The first-order valence-corrected chi connectivity index (χ1v) is 10.1. The van der Waals surface area contributed by atoms with Gasteiger partial charge in [-0.15, -0.1) is 0 Å². The van der Waals surface area contributed by atoms with Gasteiger partial charge in [-0.3, -0.25) is 14.4 Å². The zero-order chi connectivity index (χ0) is 22.4. The van der Waals surface area contributed by atoms with Gasteiger partial charge in [-0.05, 0) is 31.0 Å². The van der Waals surface area contributed by atoms with E-state index in [4.69, 9.17) is 4.74 Å². The molecule has 2 aromatic rings. The Balaban J connectivity index is 1.90. The van der Waals surface area contributed by atoms with Crippen LogP contribution in [0.15, 0.2) is 48.5 Å². The van der Waals surface area contributed by atoms with E-state index in [-0.39, 0.29) is 23.3 Å². The minimum Gasteiger partial charge on any atom is -0.444 e. The summed E-state index contributed by atoms with van der Waals surface area (Å²) >= 11 is 0. The highest BCUT2D eigenvalue weighted by Crippen LogP contribution is 2.26. The van der Waals surface area contributed by atoms with Gasteiger partial charge in [0, 0.05) is 43.9 Å². The molecule has 1 heterocycles. The van der Waals surface area contributed by atoms with Crippen LogP contribution in [0.4, 0.5) is 11.4 Å².